The number of unbranched alkanes of at least 4 members (excludes halogenated alkanes) is 1. The molecule has 0 spiro atoms. The van der Waals surface area contributed by atoms with E-state index in [0.29, 0.717) is 6.42 Å². The normalized spacial score (nSPS) is 14.2. The molecule has 0 bridgehead atoms. The first-order valence-electron chi connectivity index (χ1n) is 5.30. The van der Waals surface area contributed by atoms with E-state index in [0.717, 1.165) is 12.8 Å². The Bertz CT molecular complexity index is 233. The van der Waals surface area contributed by atoms with Gasteiger partial charge in [-0.2, -0.15) is 0 Å². The second-order valence-corrected chi connectivity index (χ2v) is 3.60. The standard InChI is InChI=1S/C10H20N2O4/c1-3-4-5-7(11)9(13)12-8(6-16-2)10(14)15/h7-8H,3-6,11H2,1-2H3,(H,12,13)(H,14,15)/t7-,8?/m0/s1. The van der Waals surface area contributed by atoms with Gasteiger partial charge in [-0.25, -0.2) is 4.79 Å². The summed E-state index contributed by atoms with van der Waals surface area (Å²) in [7, 11) is 1.37. The Labute approximate surface area is 95.1 Å². The van der Waals surface area contributed by atoms with E-state index in [-0.39, 0.29) is 6.61 Å². The minimum Gasteiger partial charge on any atom is -0.480 e. The van der Waals surface area contributed by atoms with Gasteiger partial charge >= 0.3 is 5.97 Å². The molecule has 94 valence electrons. The van der Waals surface area contributed by atoms with Gasteiger partial charge < -0.3 is 20.9 Å². The van der Waals surface area contributed by atoms with E-state index < -0.39 is 24.0 Å². The van der Waals surface area contributed by atoms with E-state index in [9.17, 15) is 9.59 Å². The summed E-state index contributed by atoms with van der Waals surface area (Å²) < 4.78 is 4.69. The van der Waals surface area contributed by atoms with Crippen molar-refractivity contribution in [2.75, 3.05) is 13.7 Å². The van der Waals surface area contributed by atoms with Gasteiger partial charge in [-0.3, -0.25) is 4.79 Å². The van der Waals surface area contributed by atoms with E-state index in [1.54, 1.807) is 0 Å². The highest BCUT2D eigenvalue weighted by atomic mass is 16.5. The van der Waals surface area contributed by atoms with Gasteiger partial charge in [-0.15, -0.1) is 0 Å². The number of hydrogen-bond acceptors (Lipinski definition) is 4. The third-order valence-electron chi connectivity index (χ3n) is 2.15. The first-order valence-corrected chi connectivity index (χ1v) is 5.30. The number of nitrogens with one attached hydrogen (secondary N) is 1. The van der Waals surface area contributed by atoms with Gasteiger partial charge in [0.1, 0.15) is 0 Å². The second-order valence-electron chi connectivity index (χ2n) is 3.60. The van der Waals surface area contributed by atoms with Crippen molar-refractivity contribution in [1.82, 2.24) is 5.32 Å². The zero-order valence-electron chi connectivity index (χ0n) is 9.73. The maximum absolute atomic E-state index is 11.5. The number of nitrogens with two attached hydrogens (primary N) is 1. The minimum atomic E-state index is -1.13. The largest absolute Gasteiger partial charge is 0.480 e. The molecule has 0 radical (unpaired) electrons. The van der Waals surface area contributed by atoms with Crippen LogP contribution in [0.25, 0.3) is 0 Å². The van der Waals surface area contributed by atoms with Crippen molar-refractivity contribution in [2.24, 2.45) is 5.73 Å². The van der Waals surface area contributed by atoms with Gasteiger partial charge in [-0.1, -0.05) is 19.8 Å². The summed E-state index contributed by atoms with van der Waals surface area (Å²) >= 11 is 0. The summed E-state index contributed by atoms with van der Waals surface area (Å²) in [6.45, 7) is 1.93. The van der Waals surface area contributed by atoms with E-state index in [1.807, 2.05) is 6.92 Å². The lowest BCUT2D eigenvalue weighted by Gasteiger charge is -2.16. The third-order valence-corrected chi connectivity index (χ3v) is 2.15. The van der Waals surface area contributed by atoms with Crippen molar-refractivity contribution < 1.29 is 19.4 Å². The average Bonchev–Trinajstić information content (AvgIpc) is 2.24. The van der Waals surface area contributed by atoms with E-state index >= 15 is 0 Å². The molecule has 0 aromatic rings. The first kappa shape index (κ1) is 14.9. The van der Waals surface area contributed by atoms with Gasteiger partial charge in [0.2, 0.25) is 5.91 Å². The maximum Gasteiger partial charge on any atom is 0.328 e. The summed E-state index contributed by atoms with van der Waals surface area (Å²) in [6.07, 6.45) is 2.35. The lowest BCUT2D eigenvalue weighted by molar-refractivity contribution is -0.143. The van der Waals surface area contributed by atoms with Crippen LogP contribution in [0.1, 0.15) is 26.2 Å². The van der Waals surface area contributed by atoms with Gasteiger partial charge in [0.15, 0.2) is 6.04 Å². The number of amides is 1. The number of ether oxygens (including phenoxy) is 1. The number of rotatable bonds is 8. The van der Waals surface area contributed by atoms with Crippen molar-refractivity contribution in [3.05, 3.63) is 0 Å². The molecule has 0 aromatic carbocycles. The van der Waals surface area contributed by atoms with Crippen molar-refractivity contribution in [1.29, 1.82) is 0 Å². The summed E-state index contributed by atoms with van der Waals surface area (Å²) in [4.78, 5) is 22.2. The molecule has 1 unspecified atom stereocenters. The van der Waals surface area contributed by atoms with Crippen LogP contribution in [0.2, 0.25) is 0 Å². The van der Waals surface area contributed by atoms with E-state index in [4.69, 9.17) is 15.6 Å². The van der Waals surface area contributed by atoms with Crippen LogP contribution in [0.3, 0.4) is 0 Å². The van der Waals surface area contributed by atoms with Crippen molar-refractivity contribution in [3.63, 3.8) is 0 Å². The summed E-state index contributed by atoms with van der Waals surface area (Å²) in [5.41, 5.74) is 5.60. The monoisotopic (exact) mass is 232 g/mol. The predicted molar refractivity (Wildman–Crippen MR) is 58.9 cm³/mol. The molecule has 4 N–H and O–H groups in total. The third kappa shape index (κ3) is 5.67. The van der Waals surface area contributed by atoms with Crippen LogP contribution in [0.4, 0.5) is 0 Å². The molecule has 0 aliphatic heterocycles. The summed E-state index contributed by atoms with van der Waals surface area (Å²) in [5.74, 6) is -1.57. The number of carbonyl (C=O) groups excluding carboxylic acids is 1. The number of aliphatic carboxylic acids is 1. The Morgan fingerprint density at radius 1 is 1.50 bits per heavy atom. The fourth-order valence-electron chi connectivity index (χ4n) is 1.18. The number of methoxy groups -OCH3 is 1. The molecule has 6 nitrogen and oxygen atoms in total. The molecule has 6 heteroatoms. The molecule has 1 amide bonds. The topological polar surface area (TPSA) is 102 Å². The van der Waals surface area contributed by atoms with Crippen LogP contribution in [0.5, 0.6) is 0 Å². The predicted octanol–water partition coefficient (Wildman–Crippen LogP) is -0.280. The fraction of sp³-hybridized carbons (Fsp3) is 0.800. The molecule has 16 heavy (non-hydrogen) atoms. The molecule has 0 fully saturated rings. The van der Waals surface area contributed by atoms with Crippen LogP contribution in [0.15, 0.2) is 0 Å². The van der Waals surface area contributed by atoms with Crippen LogP contribution in [-0.2, 0) is 14.3 Å². The van der Waals surface area contributed by atoms with E-state index in [2.05, 4.69) is 5.32 Å². The molecular formula is C10H20N2O4. The second kappa shape index (κ2) is 8.06. The van der Waals surface area contributed by atoms with Crippen molar-refractivity contribution in [2.45, 2.75) is 38.3 Å². The Balaban J connectivity index is 4.12. The highest BCUT2D eigenvalue weighted by molar-refractivity contribution is 5.86. The maximum atomic E-state index is 11.5. The summed E-state index contributed by atoms with van der Waals surface area (Å²) in [5, 5.41) is 11.1. The molecule has 0 saturated carbocycles. The molecule has 0 aliphatic carbocycles. The van der Waals surface area contributed by atoms with Crippen molar-refractivity contribution >= 4 is 11.9 Å². The van der Waals surface area contributed by atoms with Crippen LogP contribution < -0.4 is 11.1 Å². The molecule has 0 rings (SSSR count). The zero-order valence-corrected chi connectivity index (χ0v) is 9.73. The number of carboxylic acids is 1. The molecule has 0 saturated heterocycles. The van der Waals surface area contributed by atoms with E-state index in [1.165, 1.54) is 7.11 Å². The molecule has 0 aromatic heterocycles. The molecule has 2 atom stereocenters. The highest BCUT2D eigenvalue weighted by Gasteiger charge is 2.22. The van der Waals surface area contributed by atoms with Crippen LogP contribution in [0, 0.1) is 0 Å². The summed E-state index contributed by atoms with van der Waals surface area (Å²) in [6, 6.07) is -1.69. The average molecular weight is 232 g/mol. The first-order chi connectivity index (χ1) is 7.52. The van der Waals surface area contributed by atoms with Gasteiger partial charge in [0.05, 0.1) is 12.6 Å². The molecule has 0 heterocycles. The van der Waals surface area contributed by atoms with Crippen molar-refractivity contribution in [3.8, 4) is 0 Å². The number of hydrogen-bond donors (Lipinski definition) is 3. The Hall–Kier alpha value is -1.14. The quantitative estimate of drug-likeness (QED) is 0.534. The Morgan fingerprint density at radius 3 is 2.56 bits per heavy atom. The minimum absolute atomic E-state index is 0.0679. The Kier molecular flexibility index (Phi) is 7.49. The van der Waals surface area contributed by atoms with Crippen LogP contribution >= 0.6 is 0 Å². The fourth-order valence-corrected chi connectivity index (χ4v) is 1.18. The smallest absolute Gasteiger partial charge is 0.328 e. The lowest BCUT2D eigenvalue weighted by Crippen LogP contribution is -2.50. The number of carboxylic acid groups (broad SMARTS) is 1. The molecular weight excluding hydrogens is 212 g/mol. The van der Waals surface area contributed by atoms with Gasteiger partial charge in [0, 0.05) is 7.11 Å². The zero-order chi connectivity index (χ0) is 12.6. The van der Waals surface area contributed by atoms with Crippen LogP contribution in [-0.4, -0.2) is 42.8 Å². The Morgan fingerprint density at radius 2 is 2.12 bits per heavy atom. The number of carbonyl (C=O) groups is 2. The van der Waals surface area contributed by atoms with Gasteiger partial charge in [0.25, 0.3) is 0 Å². The SMILES string of the molecule is CCCC[C@H](N)C(=O)NC(COC)C(=O)O. The molecule has 0 aliphatic rings. The lowest BCUT2D eigenvalue weighted by atomic mass is 10.1. The highest BCUT2D eigenvalue weighted by Crippen LogP contribution is 1.99. The van der Waals surface area contributed by atoms with Gasteiger partial charge in [-0.05, 0) is 6.42 Å².